The first-order valence-corrected chi connectivity index (χ1v) is 17.1. The van der Waals surface area contributed by atoms with Crippen LogP contribution in [0.2, 0.25) is 0 Å². The van der Waals surface area contributed by atoms with Gasteiger partial charge in [0.1, 0.15) is 25.2 Å². The number of ether oxygens (including phenoxy) is 3. The van der Waals surface area contributed by atoms with Gasteiger partial charge in [-0.3, -0.25) is 19.2 Å². The first-order chi connectivity index (χ1) is 23.3. The molecule has 2 aromatic carbocycles. The summed E-state index contributed by atoms with van der Waals surface area (Å²) in [6, 6.07) is 9.77. The molecule has 12 heteroatoms. The molecule has 4 N–H and O–H groups in total. The predicted octanol–water partition coefficient (Wildman–Crippen LogP) is 3.62. The third-order valence-electron chi connectivity index (χ3n) is 8.87. The van der Waals surface area contributed by atoms with E-state index in [0.29, 0.717) is 37.1 Å². The van der Waals surface area contributed by atoms with Crippen LogP contribution in [0.3, 0.4) is 0 Å². The molecule has 12 nitrogen and oxygen atoms in total. The average molecular weight is 662 g/mol. The number of amides is 4. The number of carbonyl (C=O) groups is 4. The minimum Gasteiger partial charge on any atom is -0.490 e. The Morgan fingerprint density at radius 2 is 1.65 bits per heavy atom. The number of aromatic amines is 1. The highest BCUT2D eigenvalue weighted by molar-refractivity contribution is 5.98. The molecule has 1 aliphatic carbocycles. The minimum atomic E-state index is -0.958. The van der Waals surface area contributed by atoms with Gasteiger partial charge in [-0.1, -0.05) is 37.5 Å². The fourth-order valence-electron chi connectivity index (χ4n) is 6.65. The summed E-state index contributed by atoms with van der Waals surface area (Å²) >= 11 is 0. The molecular weight excluding hydrogens is 614 g/mol. The number of benzene rings is 2. The summed E-state index contributed by atoms with van der Waals surface area (Å²) < 4.78 is 17.5. The Labute approximate surface area is 281 Å². The van der Waals surface area contributed by atoms with Gasteiger partial charge in [0.15, 0.2) is 11.5 Å². The van der Waals surface area contributed by atoms with Gasteiger partial charge in [0, 0.05) is 30.1 Å². The number of carbonyl (C=O) groups excluding carboxylic acids is 4. The van der Waals surface area contributed by atoms with E-state index < -0.39 is 23.9 Å². The quantitative estimate of drug-likeness (QED) is 0.194. The summed E-state index contributed by atoms with van der Waals surface area (Å²) in [4.78, 5) is 57.8. The van der Waals surface area contributed by atoms with E-state index in [4.69, 9.17) is 14.2 Å². The van der Waals surface area contributed by atoms with Gasteiger partial charge in [-0.05, 0) is 68.9 Å². The van der Waals surface area contributed by atoms with E-state index in [-0.39, 0.29) is 43.8 Å². The zero-order valence-electron chi connectivity index (χ0n) is 28.1. The lowest BCUT2D eigenvalue weighted by atomic mass is 9.82. The van der Waals surface area contributed by atoms with Crippen molar-refractivity contribution in [3.8, 4) is 17.2 Å². The third-order valence-corrected chi connectivity index (χ3v) is 8.87. The topological polar surface area (TPSA) is 151 Å². The molecule has 0 spiro atoms. The molecule has 258 valence electrons. The highest BCUT2D eigenvalue weighted by Crippen LogP contribution is 2.39. The van der Waals surface area contributed by atoms with Crippen molar-refractivity contribution in [1.29, 1.82) is 0 Å². The molecule has 5 rings (SSSR count). The Kier molecular flexibility index (Phi) is 11.8. The van der Waals surface area contributed by atoms with Crippen LogP contribution >= 0.6 is 0 Å². The highest BCUT2D eigenvalue weighted by atomic mass is 16.5. The lowest BCUT2D eigenvalue weighted by Crippen LogP contribution is -2.62. The second kappa shape index (κ2) is 16.4. The van der Waals surface area contributed by atoms with Crippen molar-refractivity contribution >= 4 is 34.5 Å². The number of piperazine rings is 1. The van der Waals surface area contributed by atoms with E-state index >= 15 is 0 Å². The molecule has 2 heterocycles. The van der Waals surface area contributed by atoms with Gasteiger partial charge in [0.25, 0.3) is 0 Å². The van der Waals surface area contributed by atoms with Gasteiger partial charge in [-0.15, -0.1) is 0 Å². The number of hydrogen-bond acceptors (Lipinski definition) is 7. The molecule has 1 saturated heterocycles. The van der Waals surface area contributed by atoms with Gasteiger partial charge in [0.05, 0.1) is 19.8 Å². The van der Waals surface area contributed by atoms with E-state index in [1.807, 2.05) is 51.2 Å². The fraction of sp³-hybridized carbons (Fsp3) is 0.500. The molecule has 2 atom stereocenters. The summed E-state index contributed by atoms with van der Waals surface area (Å²) in [6.45, 7) is 6.53. The SMILES string of the molecule is CCOc1cc(CNC(=O)C(Cc2c[nH]c3ccccc23)NC(=O)CN2CC(=O)NC(C3CCCCC3)C2=O)cc(OCC)c1OCC. The van der Waals surface area contributed by atoms with Crippen LogP contribution in [0.15, 0.2) is 42.6 Å². The Morgan fingerprint density at radius 1 is 0.958 bits per heavy atom. The number of para-hydroxylation sites is 1. The van der Waals surface area contributed by atoms with E-state index in [1.165, 1.54) is 4.90 Å². The molecule has 1 aliphatic heterocycles. The number of nitrogens with one attached hydrogen (secondary N) is 4. The number of hydrogen-bond donors (Lipinski definition) is 4. The van der Waals surface area contributed by atoms with Crippen LogP contribution in [0.1, 0.15) is 64.0 Å². The molecule has 2 unspecified atom stereocenters. The second-order valence-electron chi connectivity index (χ2n) is 12.3. The van der Waals surface area contributed by atoms with Crippen molar-refractivity contribution in [1.82, 2.24) is 25.8 Å². The van der Waals surface area contributed by atoms with Crippen LogP contribution in [0, 0.1) is 5.92 Å². The van der Waals surface area contributed by atoms with Crippen molar-refractivity contribution < 1.29 is 33.4 Å². The summed E-state index contributed by atoms with van der Waals surface area (Å²) in [5.41, 5.74) is 2.50. The predicted molar refractivity (Wildman–Crippen MR) is 181 cm³/mol. The van der Waals surface area contributed by atoms with Gasteiger partial charge in [-0.25, -0.2) is 0 Å². The minimum absolute atomic E-state index is 0.0653. The summed E-state index contributed by atoms with van der Waals surface area (Å²) in [5, 5.41) is 9.62. The molecule has 1 saturated carbocycles. The van der Waals surface area contributed by atoms with Crippen LogP contribution in [0.25, 0.3) is 10.9 Å². The van der Waals surface area contributed by atoms with Crippen LogP contribution in [0.4, 0.5) is 0 Å². The number of fused-ring (bicyclic) bond motifs is 1. The fourth-order valence-corrected chi connectivity index (χ4v) is 6.65. The average Bonchev–Trinajstić information content (AvgIpc) is 3.49. The number of aromatic nitrogens is 1. The first kappa shape index (κ1) is 34.6. The maximum atomic E-state index is 13.8. The van der Waals surface area contributed by atoms with Crippen LogP contribution < -0.4 is 30.2 Å². The lowest BCUT2D eigenvalue weighted by Gasteiger charge is -2.37. The summed E-state index contributed by atoms with van der Waals surface area (Å²) in [7, 11) is 0. The second-order valence-corrected chi connectivity index (χ2v) is 12.3. The number of nitrogens with zero attached hydrogens (tertiary/aromatic N) is 1. The molecule has 1 aromatic heterocycles. The zero-order valence-corrected chi connectivity index (χ0v) is 28.1. The van der Waals surface area contributed by atoms with Crippen molar-refractivity contribution in [3.05, 3.63) is 53.7 Å². The van der Waals surface area contributed by atoms with E-state index in [9.17, 15) is 19.2 Å². The Morgan fingerprint density at radius 3 is 2.33 bits per heavy atom. The summed E-state index contributed by atoms with van der Waals surface area (Å²) in [5.74, 6) is 0.155. The normalized spacial score (nSPS) is 17.5. The van der Waals surface area contributed by atoms with E-state index in [0.717, 1.165) is 54.1 Å². The maximum absolute atomic E-state index is 13.8. The monoisotopic (exact) mass is 661 g/mol. The van der Waals surface area contributed by atoms with Gasteiger partial charge >= 0.3 is 0 Å². The van der Waals surface area contributed by atoms with Crippen molar-refractivity contribution in [2.24, 2.45) is 5.92 Å². The molecular formula is C36H47N5O7. The Hall–Kier alpha value is -4.74. The lowest BCUT2D eigenvalue weighted by molar-refractivity contribution is -0.148. The van der Waals surface area contributed by atoms with E-state index in [2.05, 4.69) is 20.9 Å². The Balaban J connectivity index is 1.32. The molecule has 4 amide bonds. The highest BCUT2D eigenvalue weighted by Gasteiger charge is 2.39. The molecule has 48 heavy (non-hydrogen) atoms. The largest absolute Gasteiger partial charge is 0.490 e. The maximum Gasteiger partial charge on any atom is 0.246 e. The van der Waals surface area contributed by atoms with Crippen LogP contribution in [0.5, 0.6) is 17.2 Å². The van der Waals surface area contributed by atoms with Crippen molar-refractivity contribution in [2.45, 2.75) is 77.9 Å². The summed E-state index contributed by atoms with van der Waals surface area (Å²) in [6.07, 6.45) is 6.94. The number of H-pyrrole nitrogens is 1. The third kappa shape index (κ3) is 8.39. The van der Waals surface area contributed by atoms with E-state index in [1.54, 1.807) is 12.1 Å². The molecule has 2 aliphatic rings. The first-order valence-electron chi connectivity index (χ1n) is 17.1. The molecule has 2 fully saturated rings. The van der Waals surface area contributed by atoms with Gasteiger partial charge in [0.2, 0.25) is 29.4 Å². The molecule has 3 aromatic rings. The zero-order chi connectivity index (χ0) is 34.0. The van der Waals surface area contributed by atoms with Gasteiger partial charge in [-0.2, -0.15) is 0 Å². The van der Waals surface area contributed by atoms with Crippen molar-refractivity contribution in [2.75, 3.05) is 32.9 Å². The molecule has 0 radical (unpaired) electrons. The van der Waals surface area contributed by atoms with Crippen LogP contribution in [-0.4, -0.2) is 78.5 Å². The Bertz CT molecular complexity index is 1570. The molecule has 0 bridgehead atoms. The number of rotatable bonds is 15. The van der Waals surface area contributed by atoms with Crippen molar-refractivity contribution in [3.63, 3.8) is 0 Å². The standard InChI is InChI=1S/C36H47N5O7/c1-4-46-29-16-23(17-30(47-5-2)34(29)48-6-3)19-38-35(44)28(18-25-20-37-27-15-11-10-14-26(25)27)39-31(42)21-41-22-32(43)40-33(36(41)45)24-12-8-7-9-13-24/h10-11,14-17,20,24,28,33,37H,4-9,12-13,18-19,21-22H2,1-3H3,(H,38,44)(H,39,42)(H,40,43). The smallest absolute Gasteiger partial charge is 0.246 e. The van der Waals surface area contributed by atoms with Crippen LogP contribution in [-0.2, 0) is 32.1 Å². The van der Waals surface area contributed by atoms with Gasteiger partial charge < -0.3 is 40.0 Å².